The van der Waals surface area contributed by atoms with E-state index in [-0.39, 0.29) is 11.1 Å². The lowest BCUT2D eigenvalue weighted by Gasteiger charge is -2.10. The Morgan fingerprint density at radius 2 is 1.82 bits per heavy atom. The summed E-state index contributed by atoms with van der Waals surface area (Å²) in [5.41, 5.74) is 3.81. The van der Waals surface area contributed by atoms with Crippen LogP contribution in [0.4, 0.5) is 0 Å². The number of nitrogens with one attached hydrogen (secondary N) is 3. The quantitative estimate of drug-likeness (QED) is 0.737. The highest BCUT2D eigenvalue weighted by molar-refractivity contribution is 6.31. The molecule has 22 heavy (non-hydrogen) atoms. The molecule has 1 heterocycles. The Kier molecular flexibility index (Phi) is 4.80. The van der Waals surface area contributed by atoms with Crippen molar-refractivity contribution in [1.29, 1.82) is 0 Å². The lowest BCUT2D eigenvalue weighted by molar-refractivity contribution is 0.0844. The first-order valence-corrected chi connectivity index (χ1v) is 6.52. The number of aromatic amines is 1. The fraction of sp³-hybridized carbons (Fsp3) is 0.0714. The molecule has 3 N–H and O–H groups in total. The van der Waals surface area contributed by atoms with Gasteiger partial charge < -0.3 is 9.72 Å². The number of ether oxygens (including phenoxy) is 1. The van der Waals surface area contributed by atoms with E-state index in [4.69, 9.17) is 16.3 Å². The first-order valence-electron chi connectivity index (χ1n) is 6.15. The van der Waals surface area contributed by atoms with Crippen molar-refractivity contribution in [3.8, 4) is 5.75 Å². The molecular formula is C14H12ClN3O4. The third kappa shape index (κ3) is 3.44. The van der Waals surface area contributed by atoms with Crippen molar-refractivity contribution >= 4 is 23.4 Å². The van der Waals surface area contributed by atoms with E-state index in [0.29, 0.717) is 10.8 Å². The number of pyridine rings is 1. The number of methoxy groups -OCH3 is 1. The molecule has 0 fully saturated rings. The number of aromatic nitrogens is 1. The number of amides is 2. The van der Waals surface area contributed by atoms with Crippen molar-refractivity contribution in [3.05, 3.63) is 63.0 Å². The summed E-state index contributed by atoms with van der Waals surface area (Å²) < 4.78 is 5.04. The van der Waals surface area contributed by atoms with Gasteiger partial charge in [-0.3, -0.25) is 25.2 Å². The number of halogens is 1. The van der Waals surface area contributed by atoms with Gasteiger partial charge in [-0.2, -0.15) is 0 Å². The molecule has 0 atom stereocenters. The summed E-state index contributed by atoms with van der Waals surface area (Å²) in [5.74, 6) is -1.06. The lowest BCUT2D eigenvalue weighted by Crippen LogP contribution is -2.43. The molecule has 0 saturated carbocycles. The lowest BCUT2D eigenvalue weighted by atomic mass is 10.2. The van der Waals surface area contributed by atoms with E-state index in [1.807, 2.05) is 0 Å². The van der Waals surface area contributed by atoms with E-state index in [1.54, 1.807) is 6.07 Å². The van der Waals surface area contributed by atoms with Gasteiger partial charge in [-0.05, 0) is 30.3 Å². The summed E-state index contributed by atoms with van der Waals surface area (Å²) in [6.45, 7) is 0. The maximum absolute atomic E-state index is 12.0. The fourth-order valence-corrected chi connectivity index (χ4v) is 1.88. The van der Waals surface area contributed by atoms with Gasteiger partial charge in [0.1, 0.15) is 11.3 Å². The predicted molar refractivity (Wildman–Crippen MR) is 80.0 cm³/mol. The summed E-state index contributed by atoms with van der Waals surface area (Å²) in [5, 5.41) is 0.344. The maximum atomic E-state index is 12.0. The topological polar surface area (TPSA) is 100 Å². The number of hydrogen-bond donors (Lipinski definition) is 3. The Hall–Kier alpha value is -2.80. The van der Waals surface area contributed by atoms with E-state index in [2.05, 4.69) is 15.8 Å². The van der Waals surface area contributed by atoms with Crippen LogP contribution in [0.5, 0.6) is 5.75 Å². The van der Waals surface area contributed by atoms with E-state index in [1.165, 1.54) is 37.6 Å². The predicted octanol–water partition coefficient (Wildman–Crippen LogP) is 1.11. The largest absolute Gasteiger partial charge is 0.496 e. The molecule has 8 heteroatoms. The maximum Gasteiger partial charge on any atom is 0.275 e. The zero-order valence-electron chi connectivity index (χ0n) is 11.5. The van der Waals surface area contributed by atoms with Crippen LogP contribution < -0.4 is 21.1 Å². The molecule has 2 amide bonds. The molecule has 0 radical (unpaired) electrons. The van der Waals surface area contributed by atoms with E-state index < -0.39 is 17.4 Å². The smallest absolute Gasteiger partial charge is 0.275 e. The molecule has 0 spiro atoms. The van der Waals surface area contributed by atoms with Gasteiger partial charge in [0.15, 0.2) is 0 Å². The van der Waals surface area contributed by atoms with Gasteiger partial charge in [-0.25, -0.2) is 0 Å². The van der Waals surface area contributed by atoms with Crippen LogP contribution in [0.1, 0.15) is 20.7 Å². The molecular weight excluding hydrogens is 310 g/mol. The Labute approximate surface area is 130 Å². The van der Waals surface area contributed by atoms with Gasteiger partial charge in [0.25, 0.3) is 17.4 Å². The summed E-state index contributed by atoms with van der Waals surface area (Å²) in [4.78, 5) is 37.7. The van der Waals surface area contributed by atoms with Crippen LogP contribution in [-0.4, -0.2) is 23.9 Å². The number of hydrazine groups is 1. The number of carbonyl (C=O) groups is 2. The van der Waals surface area contributed by atoms with E-state index in [9.17, 15) is 14.4 Å². The van der Waals surface area contributed by atoms with Gasteiger partial charge in [0, 0.05) is 11.2 Å². The Morgan fingerprint density at radius 1 is 1.14 bits per heavy atom. The molecule has 0 aliphatic heterocycles. The van der Waals surface area contributed by atoms with Gasteiger partial charge in [0.2, 0.25) is 0 Å². The highest BCUT2D eigenvalue weighted by Crippen LogP contribution is 2.22. The summed E-state index contributed by atoms with van der Waals surface area (Å²) in [6.07, 6.45) is 1.40. The number of carbonyl (C=O) groups excluding carboxylic acids is 2. The molecule has 0 unspecified atom stereocenters. The average Bonchev–Trinajstić information content (AvgIpc) is 2.52. The molecule has 0 aliphatic carbocycles. The standard InChI is InChI=1S/C14H12ClN3O4/c1-22-11-5-4-8(15)7-10(11)14(21)18-17-13(20)9-3-2-6-16-12(9)19/h2-7H,1H3,(H,16,19)(H,17,20)(H,18,21). The van der Waals surface area contributed by atoms with Crippen molar-refractivity contribution < 1.29 is 14.3 Å². The van der Waals surface area contributed by atoms with Crippen LogP contribution >= 0.6 is 11.6 Å². The fourth-order valence-electron chi connectivity index (χ4n) is 1.71. The molecule has 2 aromatic rings. The minimum Gasteiger partial charge on any atom is -0.496 e. The van der Waals surface area contributed by atoms with Crippen LogP contribution in [0, 0.1) is 0 Å². The van der Waals surface area contributed by atoms with Crippen molar-refractivity contribution in [2.24, 2.45) is 0 Å². The number of benzene rings is 1. The van der Waals surface area contributed by atoms with Crippen molar-refractivity contribution in [3.63, 3.8) is 0 Å². The first-order chi connectivity index (χ1) is 10.5. The van der Waals surface area contributed by atoms with Crippen LogP contribution in [0.2, 0.25) is 5.02 Å². The molecule has 7 nitrogen and oxygen atoms in total. The minimum absolute atomic E-state index is 0.124. The number of H-pyrrole nitrogens is 1. The van der Waals surface area contributed by atoms with Crippen LogP contribution in [0.25, 0.3) is 0 Å². The van der Waals surface area contributed by atoms with Gasteiger partial charge >= 0.3 is 0 Å². The second-order valence-corrected chi connectivity index (χ2v) is 4.60. The number of rotatable bonds is 3. The molecule has 0 saturated heterocycles. The highest BCUT2D eigenvalue weighted by atomic mass is 35.5. The van der Waals surface area contributed by atoms with Gasteiger partial charge in [-0.15, -0.1) is 0 Å². The number of hydrogen-bond acceptors (Lipinski definition) is 4. The second-order valence-electron chi connectivity index (χ2n) is 4.17. The molecule has 1 aromatic carbocycles. The monoisotopic (exact) mass is 321 g/mol. The van der Waals surface area contributed by atoms with Crippen LogP contribution in [-0.2, 0) is 0 Å². The van der Waals surface area contributed by atoms with E-state index in [0.717, 1.165) is 0 Å². The molecule has 0 aliphatic rings. The minimum atomic E-state index is -0.740. The SMILES string of the molecule is COc1ccc(Cl)cc1C(=O)NNC(=O)c1ccc[nH]c1=O. The summed E-state index contributed by atoms with van der Waals surface area (Å²) in [6, 6.07) is 7.33. The molecule has 1 aromatic heterocycles. The highest BCUT2D eigenvalue weighted by Gasteiger charge is 2.15. The van der Waals surface area contributed by atoms with Gasteiger partial charge in [-0.1, -0.05) is 11.6 Å². The Balaban J connectivity index is 2.11. The Morgan fingerprint density at radius 3 is 2.45 bits per heavy atom. The molecule has 0 bridgehead atoms. The normalized spacial score (nSPS) is 9.91. The molecule has 114 valence electrons. The third-order valence-electron chi connectivity index (χ3n) is 2.76. The van der Waals surface area contributed by atoms with Crippen molar-refractivity contribution in [2.45, 2.75) is 0 Å². The molecule has 2 rings (SSSR count). The zero-order valence-corrected chi connectivity index (χ0v) is 12.2. The van der Waals surface area contributed by atoms with Crippen LogP contribution in [0.15, 0.2) is 41.3 Å². The second kappa shape index (κ2) is 6.77. The average molecular weight is 322 g/mol. The Bertz CT molecular complexity index is 773. The van der Waals surface area contributed by atoms with E-state index >= 15 is 0 Å². The van der Waals surface area contributed by atoms with Crippen molar-refractivity contribution in [2.75, 3.05) is 7.11 Å². The van der Waals surface area contributed by atoms with Crippen molar-refractivity contribution in [1.82, 2.24) is 15.8 Å². The third-order valence-corrected chi connectivity index (χ3v) is 2.99. The van der Waals surface area contributed by atoms with Gasteiger partial charge in [0.05, 0.1) is 12.7 Å². The summed E-state index contributed by atoms with van der Waals surface area (Å²) >= 11 is 5.83. The summed E-state index contributed by atoms with van der Waals surface area (Å²) in [7, 11) is 1.40. The first kappa shape index (κ1) is 15.6. The van der Waals surface area contributed by atoms with Crippen LogP contribution in [0.3, 0.4) is 0 Å². The zero-order chi connectivity index (χ0) is 16.1.